The van der Waals surface area contributed by atoms with Gasteiger partial charge >= 0.3 is 0 Å². The van der Waals surface area contributed by atoms with Crippen LogP contribution in [-0.2, 0) is 4.74 Å². The SMILES string of the molecule is Fc1cccc2c([C@H]3CCOC3)c[nH]c12. The number of aromatic nitrogens is 1. The first-order chi connectivity index (χ1) is 7.36. The van der Waals surface area contributed by atoms with E-state index in [1.807, 2.05) is 12.3 Å². The fourth-order valence-corrected chi connectivity index (χ4v) is 2.26. The molecule has 3 rings (SSSR count). The average Bonchev–Trinajstić information content (AvgIpc) is 2.85. The first-order valence-corrected chi connectivity index (χ1v) is 5.19. The van der Waals surface area contributed by atoms with Gasteiger partial charge in [-0.2, -0.15) is 0 Å². The Kier molecular flexibility index (Phi) is 1.99. The Hall–Kier alpha value is -1.35. The third-order valence-corrected chi connectivity index (χ3v) is 3.07. The molecule has 3 heteroatoms. The van der Waals surface area contributed by atoms with Crippen LogP contribution in [0.1, 0.15) is 17.9 Å². The van der Waals surface area contributed by atoms with Gasteiger partial charge in [0.1, 0.15) is 5.82 Å². The summed E-state index contributed by atoms with van der Waals surface area (Å²) in [6, 6.07) is 5.20. The lowest BCUT2D eigenvalue weighted by Gasteiger charge is -2.05. The van der Waals surface area contributed by atoms with E-state index in [2.05, 4.69) is 4.98 Å². The van der Waals surface area contributed by atoms with Crippen LogP contribution in [0.2, 0.25) is 0 Å². The maximum absolute atomic E-state index is 13.4. The maximum atomic E-state index is 13.4. The van der Waals surface area contributed by atoms with Crippen molar-refractivity contribution in [3.8, 4) is 0 Å². The van der Waals surface area contributed by atoms with E-state index in [0.29, 0.717) is 11.4 Å². The van der Waals surface area contributed by atoms with E-state index in [9.17, 15) is 4.39 Å². The molecule has 1 saturated heterocycles. The van der Waals surface area contributed by atoms with E-state index in [-0.39, 0.29) is 5.82 Å². The second-order valence-electron chi connectivity index (χ2n) is 3.97. The molecule has 0 bridgehead atoms. The van der Waals surface area contributed by atoms with E-state index >= 15 is 0 Å². The Labute approximate surface area is 87.1 Å². The van der Waals surface area contributed by atoms with Gasteiger partial charge in [0, 0.05) is 24.1 Å². The Morgan fingerprint density at radius 2 is 2.33 bits per heavy atom. The van der Waals surface area contributed by atoms with Crippen LogP contribution in [0.3, 0.4) is 0 Å². The van der Waals surface area contributed by atoms with Crippen molar-refractivity contribution in [1.82, 2.24) is 4.98 Å². The van der Waals surface area contributed by atoms with Crippen molar-refractivity contribution in [1.29, 1.82) is 0 Å². The lowest BCUT2D eigenvalue weighted by Crippen LogP contribution is -1.95. The van der Waals surface area contributed by atoms with Crippen LogP contribution in [0.15, 0.2) is 24.4 Å². The Morgan fingerprint density at radius 1 is 1.40 bits per heavy atom. The lowest BCUT2D eigenvalue weighted by atomic mass is 9.98. The highest BCUT2D eigenvalue weighted by molar-refractivity contribution is 5.84. The molecule has 1 fully saturated rings. The Bertz CT molecular complexity index is 485. The third-order valence-electron chi connectivity index (χ3n) is 3.07. The van der Waals surface area contributed by atoms with Gasteiger partial charge < -0.3 is 9.72 Å². The molecule has 0 saturated carbocycles. The molecule has 1 atom stereocenters. The molecule has 1 aromatic carbocycles. The summed E-state index contributed by atoms with van der Waals surface area (Å²) >= 11 is 0. The highest BCUT2D eigenvalue weighted by Crippen LogP contribution is 2.31. The average molecular weight is 205 g/mol. The predicted molar refractivity (Wildman–Crippen MR) is 56.4 cm³/mol. The number of para-hydroxylation sites is 1. The zero-order valence-corrected chi connectivity index (χ0v) is 8.29. The molecular weight excluding hydrogens is 193 g/mol. The largest absolute Gasteiger partial charge is 0.381 e. The summed E-state index contributed by atoms with van der Waals surface area (Å²) in [5.41, 5.74) is 1.79. The van der Waals surface area contributed by atoms with Crippen LogP contribution >= 0.6 is 0 Å². The number of aromatic amines is 1. The molecule has 1 aliphatic heterocycles. The summed E-state index contributed by atoms with van der Waals surface area (Å²) in [6.45, 7) is 1.57. The summed E-state index contributed by atoms with van der Waals surface area (Å²) in [6.07, 6.45) is 2.94. The zero-order chi connectivity index (χ0) is 10.3. The lowest BCUT2D eigenvalue weighted by molar-refractivity contribution is 0.194. The second kappa shape index (κ2) is 3.35. The van der Waals surface area contributed by atoms with Crippen LogP contribution in [0.4, 0.5) is 4.39 Å². The summed E-state index contributed by atoms with van der Waals surface area (Å²) in [7, 11) is 0. The first-order valence-electron chi connectivity index (χ1n) is 5.19. The molecule has 0 aliphatic carbocycles. The highest BCUT2D eigenvalue weighted by Gasteiger charge is 2.21. The summed E-state index contributed by atoms with van der Waals surface area (Å²) in [4.78, 5) is 3.00. The van der Waals surface area contributed by atoms with Gasteiger partial charge in [-0.05, 0) is 18.1 Å². The van der Waals surface area contributed by atoms with E-state index < -0.39 is 0 Å². The second-order valence-corrected chi connectivity index (χ2v) is 3.97. The Balaban J connectivity index is 2.15. The van der Waals surface area contributed by atoms with Crippen LogP contribution in [-0.4, -0.2) is 18.2 Å². The number of ether oxygens (including phenoxy) is 1. The van der Waals surface area contributed by atoms with Crippen molar-refractivity contribution in [3.05, 3.63) is 35.8 Å². The number of benzene rings is 1. The fraction of sp³-hybridized carbons (Fsp3) is 0.333. The number of hydrogen-bond acceptors (Lipinski definition) is 1. The number of hydrogen-bond donors (Lipinski definition) is 1. The van der Waals surface area contributed by atoms with E-state index in [0.717, 1.165) is 25.0 Å². The van der Waals surface area contributed by atoms with Crippen molar-refractivity contribution >= 4 is 10.9 Å². The smallest absolute Gasteiger partial charge is 0.147 e. The van der Waals surface area contributed by atoms with E-state index in [1.54, 1.807) is 6.07 Å². The number of nitrogens with one attached hydrogen (secondary N) is 1. The van der Waals surface area contributed by atoms with Gasteiger partial charge in [-0.25, -0.2) is 4.39 Å². The number of fused-ring (bicyclic) bond motifs is 1. The normalized spacial score (nSPS) is 21.3. The van der Waals surface area contributed by atoms with Crippen LogP contribution in [0.25, 0.3) is 10.9 Å². The molecule has 1 aromatic heterocycles. The van der Waals surface area contributed by atoms with Gasteiger partial charge in [-0.1, -0.05) is 12.1 Å². The molecule has 0 radical (unpaired) electrons. The summed E-state index contributed by atoms with van der Waals surface area (Å²) < 4.78 is 18.8. The van der Waals surface area contributed by atoms with Gasteiger partial charge in [-0.15, -0.1) is 0 Å². The molecule has 0 spiro atoms. The van der Waals surface area contributed by atoms with Gasteiger partial charge in [-0.3, -0.25) is 0 Å². The topological polar surface area (TPSA) is 25.0 Å². The van der Waals surface area contributed by atoms with Crippen LogP contribution < -0.4 is 0 Å². The van der Waals surface area contributed by atoms with Crippen molar-refractivity contribution in [3.63, 3.8) is 0 Å². The summed E-state index contributed by atoms with van der Waals surface area (Å²) in [5.74, 6) is 0.234. The van der Waals surface area contributed by atoms with Gasteiger partial charge in [0.15, 0.2) is 0 Å². The molecule has 2 nitrogen and oxygen atoms in total. The molecular formula is C12H12FNO. The quantitative estimate of drug-likeness (QED) is 0.760. The highest BCUT2D eigenvalue weighted by atomic mass is 19.1. The van der Waals surface area contributed by atoms with Crippen molar-refractivity contribution in [2.24, 2.45) is 0 Å². The van der Waals surface area contributed by atoms with E-state index in [4.69, 9.17) is 4.74 Å². The molecule has 0 unspecified atom stereocenters. The fourth-order valence-electron chi connectivity index (χ4n) is 2.26. The molecule has 1 N–H and O–H groups in total. The van der Waals surface area contributed by atoms with Gasteiger partial charge in [0.2, 0.25) is 0 Å². The first kappa shape index (κ1) is 8.92. The minimum atomic E-state index is -0.183. The molecule has 78 valence electrons. The van der Waals surface area contributed by atoms with Crippen LogP contribution in [0.5, 0.6) is 0 Å². The Morgan fingerprint density at radius 3 is 3.13 bits per heavy atom. The summed E-state index contributed by atoms with van der Waals surface area (Å²) in [5, 5.41) is 0.991. The predicted octanol–water partition coefficient (Wildman–Crippen LogP) is 2.81. The third kappa shape index (κ3) is 1.35. The van der Waals surface area contributed by atoms with Crippen molar-refractivity contribution in [2.45, 2.75) is 12.3 Å². The number of H-pyrrole nitrogens is 1. The van der Waals surface area contributed by atoms with Crippen molar-refractivity contribution in [2.75, 3.05) is 13.2 Å². The minimum absolute atomic E-state index is 0.183. The zero-order valence-electron chi connectivity index (χ0n) is 8.29. The molecule has 0 amide bonds. The monoisotopic (exact) mass is 205 g/mol. The minimum Gasteiger partial charge on any atom is -0.381 e. The van der Waals surface area contributed by atoms with E-state index in [1.165, 1.54) is 11.6 Å². The standard InChI is InChI=1S/C12H12FNO/c13-11-3-1-2-9-10(6-14-12(9)11)8-4-5-15-7-8/h1-3,6,8,14H,4-5,7H2/t8-/m0/s1. The maximum Gasteiger partial charge on any atom is 0.147 e. The molecule has 2 heterocycles. The number of halogens is 1. The van der Waals surface area contributed by atoms with Crippen molar-refractivity contribution < 1.29 is 9.13 Å². The molecule has 2 aromatic rings. The molecule has 1 aliphatic rings. The molecule has 15 heavy (non-hydrogen) atoms. The number of rotatable bonds is 1. The van der Waals surface area contributed by atoms with Crippen LogP contribution in [0, 0.1) is 5.82 Å². The van der Waals surface area contributed by atoms with Gasteiger partial charge in [0.05, 0.1) is 12.1 Å². The van der Waals surface area contributed by atoms with Gasteiger partial charge in [0.25, 0.3) is 0 Å².